The van der Waals surface area contributed by atoms with Gasteiger partial charge in [0.1, 0.15) is 6.04 Å². The number of sulfonamides is 1. The number of esters is 1. The average Bonchev–Trinajstić information content (AvgIpc) is 2.87. The molecule has 138 valence electrons. The number of benzene rings is 1. The Morgan fingerprint density at radius 1 is 1.42 bits per heavy atom. The predicted molar refractivity (Wildman–Crippen MR) is 96.0 cm³/mol. The van der Waals surface area contributed by atoms with Crippen LogP contribution in [-0.4, -0.2) is 41.3 Å². The van der Waals surface area contributed by atoms with Crippen molar-refractivity contribution < 1.29 is 17.9 Å². The number of halogens is 1. The highest BCUT2D eigenvalue weighted by Gasteiger charge is 2.40. The first kappa shape index (κ1) is 18.8. The Hall–Kier alpha value is -2.03. The van der Waals surface area contributed by atoms with E-state index in [0.29, 0.717) is 16.8 Å². The van der Waals surface area contributed by atoms with Gasteiger partial charge in [-0.1, -0.05) is 12.1 Å². The van der Waals surface area contributed by atoms with Crippen LogP contribution in [0, 0.1) is 6.92 Å². The molecule has 7 nitrogen and oxygen atoms in total. The van der Waals surface area contributed by atoms with Crippen molar-refractivity contribution in [3.05, 3.63) is 40.8 Å². The summed E-state index contributed by atoms with van der Waals surface area (Å²) in [6, 6.07) is 4.19. The van der Waals surface area contributed by atoms with E-state index in [-0.39, 0.29) is 23.3 Å². The van der Waals surface area contributed by atoms with Crippen LogP contribution in [0.15, 0.2) is 29.3 Å². The van der Waals surface area contributed by atoms with Crippen molar-refractivity contribution in [1.29, 1.82) is 0 Å². The molecule has 0 spiro atoms. The van der Waals surface area contributed by atoms with E-state index in [4.69, 9.17) is 16.3 Å². The molecule has 3 rings (SSSR count). The molecule has 9 heteroatoms. The van der Waals surface area contributed by atoms with Gasteiger partial charge >= 0.3 is 5.97 Å². The van der Waals surface area contributed by atoms with E-state index in [1.807, 2.05) is 6.92 Å². The van der Waals surface area contributed by atoms with Crippen LogP contribution in [0.4, 0.5) is 0 Å². The number of hydrogen-bond donors (Lipinski definition) is 0. The molecule has 1 atom stereocenters. The summed E-state index contributed by atoms with van der Waals surface area (Å²) in [4.78, 5) is 20.3. The summed E-state index contributed by atoms with van der Waals surface area (Å²) in [5.41, 5.74) is 2.60. The molecule has 0 saturated heterocycles. The Kier molecular flexibility index (Phi) is 5.01. The van der Waals surface area contributed by atoms with Crippen molar-refractivity contribution >= 4 is 27.6 Å². The van der Waals surface area contributed by atoms with Gasteiger partial charge in [-0.2, -0.15) is 4.31 Å². The molecule has 0 amide bonds. The first-order valence-electron chi connectivity index (χ1n) is 8.06. The van der Waals surface area contributed by atoms with Crippen LogP contribution in [0.3, 0.4) is 0 Å². The molecule has 2 aromatic rings. The minimum atomic E-state index is -3.81. The first-order valence-corrected chi connectivity index (χ1v) is 9.88. The third-order valence-electron chi connectivity index (χ3n) is 4.26. The standard InChI is InChI=1S/C17H18ClN3O4S/c1-4-25-16(22)11(3)21-9-13-6-5-12(7-14(13)26(21,23)24)15-10(2)8-19-17(18)20-15/h5-8,11H,4,9H2,1-3H3/t11-/m1/s1. The van der Waals surface area contributed by atoms with Crippen molar-refractivity contribution in [2.75, 3.05) is 6.61 Å². The van der Waals surface area contributed by atoms with E-state index in [9.17, 15) is 13.2 Å². The number of aryl methyl sites for hydroxylation is 1. The zero-order valence-electron chi connectivity index (χ0n) is 14.6. The normalized spacial score (nSPS) is 16.9. The van der Waals surface area contributed by atoms with Crippen LogP contribution in [0.2, 0.25) is 5.28 Å². The molecule has 1 aliphatic rings. The van der Waals surface area contributed by atoms with E-state index in [0.717, 1.165) is 9.87 Å². The quantitative estimate of drug-likeness (QED) is 0.583. The molecular formula is C17H18ClN3O4S. The topological polar surface area (TPSA) is 89.5 Å². The Labute approximate surface area is 157 Å². The molecule has 0 unspecified atom stereocenters. The second-order valence-electron chi connectivity index (χ2n) is 5.97. The molecule has 1 aliphatic heterocycles. The summed E-state index contributed by atoms with van der Waals surface area (Å²) in [5.74, 6) is -0.567. The van der Waals surface area contributed by atoms with E-state index < -0.39 is 22.0 Å². The lowest BCUT2D eigenvalue weighted by molar-refractivity contribution is -0.147. The second-order valence-corrected chi connectivity index (χ2v) is 8.17. The van der Waals surface area contributed by atoms with Crippen molar-refractivity contribution in [2.24, 2.45) is 0 Å². The lowest BCUT2D eigenvalue weighted by atomic mass is 10.1. The lowest BCUT2D eigenvalue weighted by Crippen LogP contribution is -2.40. The van der Waals surface area contributed by atoms with Gasteiger partial charge in [0.05, 0.1) is 17.2 Å². The highest BCUT2D eigenvalue weighted by molar-refractivity contribution is 7.89. The number of rotatable bonds is 4. The summed E-state index contributed by atoms with van der Waals surface area (Å²) in [5, 5.41) is 0.0894. The molecule has 0 saturated carbocycles. The van der Waals surface area contributed by atoms with E-state index in [1.54, 1.807) is 31.3 Å². The first-order chi connectivity index (χ1) is 12.3. The Bertz CT molecular complexity index is 978. The van der Waals surface area contributed by atoms with Gasteiger partial charge in [-0.25, -0.2) is 18.4 Å². The van der Waals surface area contributed by atoms with Crippen LogP contribution >= 0.6 is 11.6 Å². The van der Waals surface area contributed by atoms with Crippen molar-refractivity contribution in [1.82, 2.24) is 14.3 Å². The van der Waals surface area contributed by atoms with Crippen LogP contribution in [-0.2, 0) is 26.1 Å². The van der Waals surface area contributed by atoms with Gasteiger partial charge in [0.2, 0.25) is 15.3 Å². The van der Waals surface area contributed by atoms with Crippen LogP contribution in [0.25, 0.3) is 11.3 Å². The summed E-state index contributed by atoms with van der Waals surface area (Å²) < 4.78 is 32.0. The summed E-state index contributed by atoms with van der Waals surface area (Å²) in [6.45, 7) is 5.35. The van der Waals surface area contributed by atoms with Crippen LogP contribution in [0.1, 0.15) is 25.0 Å². The van der Waals surface area contributed by atoms with E-state index >= 15 is 0 Å². The number of ether oxygens (including phenoxy) is 1. The maximum atomic E-state index is 12.9. The summed E-state index contributed by atoms with van der Waals surface area (Å²) in [6.07, 6.45) is 1.58. The van der Waals surface area contributed by atoms with Gasteiger partial charge in [-0.15, -0.1) is 0 Å². The maximum absolute atomic E-state index is 12.9. The highest BCUT2D eigenvalue weighted by atomic mass is 35.5. The second kappa shape index (κ2) is 6.94. The molecule has 1 aromatic carbocycles. The van der Waals surface area contributed by atoms with Gasteiger partial charge in [0.25, 0.3) is 0 Å². The van der Waals surface area contributed by atoms with Crippen molar-refractivity contribution in [3.8, 4) is 11.3 Å². The number of hydrogen-bond acceptors (Lipinski definition) is 6. The molecule has 0 fully saturated rings. The number of fused-ring (bicyclic) bond motifs is 1. The molecule has 26 heavy (non-hydrogen) atoms. The monoisotopic (exact) mass is 395 g/mol. The minimum Gasteiger partial charge on any atom is -0.465 e. The van der Waals surface area contributed by atoms with Gasteiger partial charge in [-0.3, -0.25) is 4.79 Å². The van der Waals surface area contributed by atoms with Crippen molar-refractivity contribution in [3.63, 3.8) is 0 Å². The Balaban J connectivity index is 2.02. The molecule has 2 heterocycles. The third kappa shape index (κ3) is 3.20. The molecule has 0 radical (unpaired) electrons. The Morgan fingerprint density at radius 3 is 2.85 bits per heavy atom. The number of aromatic nitrogens is 2. The van der Waals surface area contributed by atoms with E-state index in [1.165, 1.54) is 6.92 Å². The maximum Gasteiger partial charge on any atom is 0.324 e. The minimum absolute atomic E-state index is 0.0894. The fourth-order valence-electron chi connectivity index (χ4n) is 2.89. The molecular weight excluding hydrogens is 378 g/mol. The van der Waals surface area contributed by atoms with Crippen molar-refractivity contribution in [2.45, 2.75) is 38.3 Å². The number of nitrogens with zero attached hydrogens (tertiary/aromatic N) is 3. The molecule has 0 bridgehead atoms. The fourth-order valence-corrected chi connectivity index (χ4v) is 4.83. The third-order valence-corrected chi connectivity index (χ3v) is 6.44. The zero-order valence-corrected chi connectivity index (χ0v) is 16.1. The molecule has 0 N–H and O–H groups in total. The molecule has 0 aliphatic carbocycles. The average molecular weight is 396 g/mol. The largest absolute Gasteiger partial charge is 0.465 e. The van der Waals surface area contributed by atoms with Gasteiger partial charge in [-0.05, 0) is 49.6 Å². The lowest BCUT2D eigenvalue weighted by Gasteiger charge is -2.20. The predicted octanol–water partition coefficient (Wildman–Crippen LogP) is 2.56. The smallest absolute Gasteiger partial charge is 0.324 e. The van der Waals surface area contributed by atoms with Crippen LogP contribution in [0.5, 0.6) is 0 Å². The zero-order chi connectivity index (χ0) is 19.1. The summed E-state index contributed by atoms with van der Waals surface area (Å²) >= 11 is 5.87. The molecule has 1 aromatic heterocycles. The van der Waals surface area contributed by atoms with E-state index in [2.05, 4.69) is 9.97 Å². The van der Waals surface area contributed by atoms with Gasteiger partial charge < -0.3 is 4.74 Å². The number of carbonyl (C=O) groups excluding carboxylic acids is 1. The fraction of sp³-hybridized carbons (Fsp3) is 0.353. The Morgan fingerprint density at radius 2 is 2.15 bits per heavy atom. The van der Waals surface area contributed by atoms with Gasteiger partial charge in [0.15, 0.2) is 0 Å². The van der Waals surface area contributed by atoms with Gasteiger partial charge in [0, 0.05) is 18.3 Å². The SMILES string of the molecule is CCOC(=O)[C@@H](C)N1Cc2ccc(-c3nc(Cl)ncc3C)cc2S1(=O)=O. The number of carbonyl (C=O) groups is 1. The summed E-state index contributed by atoms with van der Waals surface area (Å²) in [7, 11) is -3.81. The highest BCUT2D eigenvalue weighted by Crippen LogP contribution is 2.35. The van der Waals surface area contributed by atoms with Crippen LogP contribution < -0.4 is 0 Å².